The summed E-state index contributed by atoms with van der Waals surface area (Å²) in [5.41, 5.74) is 2.66. The Morgan fingerprint density at radius 3 is 2.32 bits per heavy atom. The van der Waals surface area contributed by atoms with E-state index in [1.165, 1.54) is 9.71 Å². The molecular formula is C21H25N3O3S. The molecule has 0 bridgehead atoms. The van der Waals surface area contributed by atoms with E-state index in [0.717, 1.165) is 16.8 Å². The summed E-state index contributed by atoms with van der Waals surface area (Å²) in [6.45, 7) is 4.00. The summed E-state index contributed by atoms with van der Waals surface area (Å²) in [6.07, 6.45) is 1.61. The summed E-state index contributed by atoms with van der Waals surface area (Å²) in [4.78, 5) is 14.2. The van der Waals surface area contributed by atoms with Gasteiger partial charge < -0.3 is 5.32 Å². The van der Waals surface area contributed by atoms with Crippen molar-refractivity contribution in [2.75, 3.05) is 38.0 Å². The number of anilines is 1. The molecule has 1 N–H and O–H groups in total. The molecule has 148 valence electrons. The molecule has 1 aliphatic heterocycles. The second-order valence-electron chi connectivity index (χ2n) is 6.80. The average molecular weight is 400 g/mol. The maximum atomic E-state index is 12.5. The first kappa shape index (κ1) is 20.3. The number of rotatable bonds is 6. The Morgan fingerprint density at radius 1 is 1.00 bits per heavy atom. The fraction of sp³-hybridized carbons (Fsp3) is 0.286. The van der Waals surface area contributed by atoms with Gasteiger partial charge in [0.25, 0.3) is 0 Å². The van der Waals surface area contributed by atoms with Crippen molar-refractivity contribution in [3.8, 4) is 0 Å². The van der Waals surface area contributed by atoms with Crippen LogP contribution in [-0.2, 0) is 14.8 Å². The molecule has 0 spiro atoms. The zero-order valence-electron chi connectivity index (χ0n) is 15.9. The zero-order valence-corrected chi connectivity index (χ0v) is 16.7. The van der Waals surface area contributed by atoms with E-state index in [1.54, 1.807) is 6.08 Å². The molecule has 0 saturated carbocycles. The third-order valence-corrected chi connectivity index (χ3v) is 6.27. The topological polar surface area (TPSA) is 69.7 Å². The van der Waals surface area contributed by atoms with Crippen LogP contribution in [0.15, 0.2) is 60.0 Å². The molecular weight excluding hydrogens is 374 g/mol. The summed E-state index contributed by atoms with van der Waals surface area (Å²) >= 11 is 0. The maximum absolute atomic E-state index is 12.5. The number of nitrogens with one attached hydrogen (secondary N) is 1. The van der Waals surface area contributed by atoms with Crippen LogP contribution in [0.4, 0.5) is 5.69 Å². The van der Waals surface area contributed by atoms with Crippen LogP contribution < -0.4 is 5.32 Å². The van der Waals surface area contributed by atoms with Crippen molar-refractivity contribution < 1.29 is 13.2 Å². The molecule has 6 nitrogen and oxygen atoms in total. The predicted molar refractivity (Wildman–Crippen MR) is 112 cm³/mol. The molecule has 1 fully saturated rings. The van der Waals surface area contributed by atoms with Crippen molar-refractivity contribution >= 4 is 27.7 Å². The number of sulfonamides is 1. The number of hydrogen-bond acceptors (Lipinski definition) is 4. The minimum Gasteiger partial charge on any atom is -0.325 e. The predicted octanol–water partition coefficient (Wildman–Crippen LogP) is 2.55. The van der Waals surface area contributed by atoms with Crippen LogP contribution in [0.5, 0.6) is 0 Å². The number of carbonyl (C=O) groups excluding carboxylic acids is 1. The van der Waals surface area contributed by atoms with E-state index in [1.807, 2.05) is 66.4 Å². The smallest absolute Gasteiger partial charge is 0.238 e. The van der Waals surface area contributed by atoms with Crippen LogP contribution in [-0.4, -0.2) is 56.3 Å². The third kappa shape index (κ3) is 5.51. The Morgan fingerprint density at radius 2 is 1.64 bits per heavy atom. The second-order valence-corrected chi connectivity index (χ2v) is 8.62. The van der Waals surface area contributed by atoms with Crippen molar-refractivity contribution in [2.24, 2.45) is 0 Å². The molecule has 28 heavy (non-hydrogen) atoms. The molecule has 0 radical (unpaired) electrons. The van der Waals surface area contributed by atoms with E-state index in [-0.39, 0.29) is 12.5 Å². The Balaban J connectivity index is 1.50. The lowest BCUT2D eigenvalue weighted by atomic mass is 10.2. The van der Waals surface area contributed by atoms with Gasteiger partial charge in [-0.2, -0.15) is 4.31 Å². The first-order valence-electron chi connectivity index (χ1n) is 9.25. The average Bonchev–Trinajstić information content (AvgIpc) is 2.69. The number of amides is 1. The SMILES string of the molecule is Cc1ccccc1NC(=O)CN1CCN(S(=O)(=O)/C=C/c2ccccc2)CC1. The van der Waals surface area contributed by atoms with Crippen molar-refractivity contribution in [3.63, 3.8) is 0 Å². The highest BCUT2D eigenvalue weighted by atomic mass is 32.2. The van der Waals surface area contributed by atoms with Crippen LogP contribution in [0, 0.1) is 6.92 Å². The molecule has 0 unspecified atom stereocenters. The first-order valence-corrected chi connectivity index (χ1v) is 10.8. The van der Waals surface area contributed by atoms with Gasteiger partial charge in [-0.05, 0) is 30.2 Å². The Kier molecular flexibility index (Phi) is 6.61. The minimum atomic E-state index is -3.46. The summed E-state index contributed by atoms with van der Waals surface area (Å²) in [7, 11) is -3.46. The fourth-order valence-corrected chi connectivity index (χ4v) is 4.24. The van der Waals surface area contributed by atoms with Crippen LogP contribution in [0.1, 0.15) is 11.1 Å². The molecule has 1 saturated heterocycles. The van der Waals surface area contributed by atoms with Gasteiger partial charge in [-0.15, -0.1) is 0 Å². The van der Waals surface area contributed by atoms with Gasteiger partial charge in [-0.1, -0.05) is 48.5 Å². The van der Waals surface area contributed by atoms with Gasteiger partial charge in [0.1, 0.15) is 0 Å². The van der Waals surface area contributed by atoms with Crippen molar-refractivity contribution in [1.82, 2.24) is 9.21 Å². The van der Waals surface area contributed by atoms with Gasteiger partial charge in [-0.25, -0.2) is 8.42 Å². The maximum Gasteiger partial charge on any atom is 0.238 e. The van der Waals surface area contributed by atoms with Crippen molar-refractivity contribution in [2.45, 2.75) is 6.92 Å². The second kappa shape index (κ2) is 9.14. The van der Waals surface area contributed by atoms with Crippen LogP contribution in [0.2, 0.25) is 0 Å². The highest BCUT2D eigenvalue weighted by molar-refractivity contribution is 7.92. The normalized spacial score (nSPS) is 16.3. The number of piperazine rings is 1. The molecule has 2 aromatic rings. The lowest BCUT2D eigenvalue weighted by Gasteiger charge is -2.32. The summed E-state index contributed by atoms with van der Waals surface area (Å²) in [5.74, 6) is -0.0884. The highest BCUT2D eigenvalue weighted by Crippen LogP contribution is 2.14. The molecule has 3 rings (SSSR count). The van der Waals surface area contributed by atoms with Gasteiger partial charge >= 0.3 is 0 Å². The van der Waals surface area contributed by atoms with E-state index in [0.29, 0.717) is 26.2 Å². The minimum absolute atomic E-state index is 0.0884. The summed E-state index contributed by atoms with van der Waals surface area (Å²) in [5, 5.41) is 4.17. The largest absolute Gasteiger partial charge is 0.325 e. The van der Waals surface area contributed by atoms with Crippen LogP contribution in [0.3, 0.4) is 0 Å². The molecule has 0 atom stereocenters. The number of carbonyl (C=O) groups is 1. The summed E-state index contributed by atoms with van der Waals surface area (Å²) in [6, 6.07) is 17.0. The molecule has 1 amide bonds. The van der Waals surface area contributed by atoms with Crippen molar-refractivity contribution in [1.29, 1.82) is 0 Å². The standard InChI is InChI=1S/C21H25N3O3S/c1-18-7-5-6-10-20(18)22-21(25)17-23-12-14-24(15-13-23)28(26,27)16-11-19-8-3-2-4-9-19/h2-11,16H,12-15,17H2,1H3,(H,22,25)/b16-11+. The van der Waals surface area contributed by atoms with E-state index in [2.05, 4.69) is 5.32 Å². The van der Waals surface area contributed by atoms with E-state index in [9.17, 15) is 13.2 Å². The molecule has 1 aliphatic rings. The molecule has 1 heterocycles. The van der Waals surface area contributed by atoms with E-state index >= 15 is 0 Å². The van der Waals surface area contributed by atoms with Gasteiger partial charge in [-0.3, -0.25) is 9.69 Å². The van der Waals surface area contributed by atoms with E-state index in [4.69, 9.17) is 0 Å². The van der Waals surface area contributed by atoms with Crippen LogP contribution >= 0.6 is 0 Å². The molecule has 0 aliphatic carbocycles. The number of aryl methyl sites for hydroxylation is 1. The number of para-hydroxylation sites is 1. The number of benzene rings is 2. The monoisotopic (exact) mass is 399 g/mol. The third-order valence-electron chi connectivity index (χ3n) is 4.71. The summed E-state index contributed by atoms with van der Waals surface area (Å²) < 4.78 is 26.5. The van der Waals surface area contributed by atoms with Gasteiger partial charge in [0.05, 0.1) is 6.54 Å². The molecule has 7 heteroatoms. The van der Waals surface area contributed by atoms with Gasteiger partial charge in [0.15, 0.2) is 0 Å². The number of hydrogen-bond donors (Lipinski definition) is 1. The fourth-order valence-electron chi connectivity index (χ4n) is 3.06. The quantitative estimate of drug-likeness (QED) is 0.811. The first-order chi connectivity index (χ1) is 13.4. The lowest BCUT2D eigenvalue weighted by Crippen LogP contribution is -2.49. The van der Waals surface area contributed by atoms with Gasteiger partial charge in [0.2, 0.25) is 15.9 Å². The highest BCUT2D eigenvalue weighted by Gasteiger charge is 2.25. The zero-order chi connectivity index (χ0) is 20.0. The Labute approximate surface area is 166 Å². The van der Waals surface area contributed by atoms with E-state index < -0.39 is 10.0 Å². The van der Waals surface area contributed by atoms with Crippen LogP contribution in [0.25, 0.3) is 6.08 Å². The van der Waals surface area contributed by atoms with Gasteiger partial charge in [0, 0.05) is 37.3 Å². The molecule has 2 aromatic carbocycles. The molecule has 0 aromatic heterocycles. The Hall–Kier alpha value is -2.48. The lowest BCUT2D eigenvalue weighted by molar-refractivity contribution is -0.117. The number of nitrogens with zero attached hydrogens (tertiary/aromatic N) is 2. The Bertz CT molecular complexity index is 934. The van der Waals surface area contributed by atoms with Crippen molar-refractivity contribution in [3.05, 3.63) is 71.1 Å².